The van der Waals surface area contributed by atoms with Crippen molar-refractivity contribution < 1.29 is 19.8 Å². The Morgan fingerprint density at radius 2 is 1.82 bits per heavy atom. The average Bonchev–Trinajstić information content (AvgIpc) is 2.87. The number of Topliss-reactive ketones (excluding diaryl/α,β-unsaturated/α-hetero) is 1. The van der Waals surface area contributed by atoms with Gasteiger partial charge in [0.1, 0.15) is 11.3 Å². The number of ketones is 1. The number of rotatable bonds is 4. The zero-order valence-electron chi connectivity index (χ0n) is 25.0. The molecule has 0 aromatic rings. The molecular formula is C35H50O4. The van der Waals surface area contributed by atoms with Crippen LogP contribution in [0, 0.1) is 46.3 Å². The van der Waals surface area contributed by atoms with Gasteiger partial charge in [0.15, 0.2) is 5.78 Å². The lowest BCUT2D eigenvalue weighted by Gasteiger charge is -2.53. The van der Waals surface area contributed by atoms with Crippen molar-refractivity contribution in [3.63, 3.8) is 0 Å². The Morgan fingerprint density at radius 3 is 2.49 bits per heavy atom. The Balaban J connectivity index is 1.96. The number of carbonyl (C=O) groups excluding carboxylic acids is 1. The third-order valence-corrected chi connectivity index (χ3v) is 10.8. The fraction of sp³-hybridized carbons (Fsp3) is 0.657. The zero-order valence-corrected chi connectivity index (χ0v) is 25.0. The Hall–Kier alpha value is -2.36. The maximum absolute atomic E-state index is 14.6. The van der Waals surface area contributed by atoms with Gasteiger partial charge in [-0.3, -0.25) is 4.79 Å². The van der Waals surface area contributed by atoms with Gasteiger partial charge in [0, 0.05) is 16.7 Å². The van der Waals surface area contributed by atoms with Crippen LogP contribution in [0.2, 0.25) is 0 Å². The van der Waals surface area contributed by atoms with Gasteiger partial charge in [0.05, 0.1) is 0 Å². The number of carbonyl (C=O) groups is 2. The van der Waals surface area contributed by atoms with Crippen molar-refractivity contribution in [3.8, 4) is 0 Å². The summed E-state index contributed by atoms with van der Waals surface area (Å²) in [5.41, 5.74) is 0.731. The summed E-state index contributed by atoms with van der Waals surface area (Å²) in [4.78, 5) is 27.6. The second kappa shape index (κ2) is 11.6. The van der Waals surface area contributed by atoms with E-state index in [9.17, 15) is 19.8 Å². The Labute approximate surface area is 236 Å². The van der Waals surface area contributed by atoms with Crippen LogP contribution in [0.1, 0.15) is 99.3 Å². The van der Waals surface area contributed by atoms with E-state index in [-0.39, 0.29) is 29.1 Å². The monoisotopic (exact) mass is 534 g/mol. The quantitative estimate of drug-likeness (QED) is 0.279. The number of aliphatic carboxylic acids is 1. The maximum atomic E-state index is 14.6. The summed E-state index contributed by atoms with van der Waals surface area (Å²) < 4.78 is 0. The summed E-state index contributed by atoms with van der Waals surface area (Å²) in [6, 6.07) is 0. The SMILES string of the molecule is CCCC1CC2C(=O)/C(C(=O)O)=C(/O)[C@]3(CC)C(C=CC4C[C@@H](C)CCC43)C/C=C/C/C(C)=C/[C@@]2(C)C=C1C. The summed E-state index contributed by atoms with van der Waals surface area (Å²) in [5.74, 6) is -1.15. The van der Waals surface area contributed by atoms with Gasteiger partial charge >= 0.3 is 5.97 Å². The second-order valence-corrected chi connectivity index (χ2v) is 13.4. The summed E-state index contributed by atoms with van der Waals surface area (Å²) in [6.45, 7) is 12.8. The minimum atomic E-state index is -1.29. The molecule has 4 aliphatic rings. The van der Waals surface area contributed by atoms with E-state index in [1.54, 1.807) is 0 Å². The number of carboxylic acids is 1. The number of hydrogen-bond donors (Lipinski definition) is 2. The van der Waals surface area contributed by atoms with Gasteiger partial charge in [0.25, 0.3) is 0 Å². The highest BCUT2D eigenvalue weighted by Gasteiger charge is 2.55. The van der Waals surface area contributed by atoms with Gasteiger partial charge in [-0.05, 0) is 88.4 Å². The van der Waals surface area contributed by atoms with Gasteiger partial charge in [-0.15, -0.1) is 0 Å². The summed E-state index contributed by atoms with van der Waals surface area (Å²) in [7, 11) is 0. The van der Waals surface area contributed by atoms with E-state index in [1.807, 2.05) is 0 Å². The molecule has 4 rings (SSSR count). The molecular weight excluding hydrogens is 484 g/mol. The Bertz CT molecular complexity index is 1120. The van der Waals surface area contributed by atoms with Gasteiger partial charge < -0.3 is 10.2 Å². The number of hydrogen-bond acceptors (Lipinski definition) is 3. The number of fused-ring (bicyclic) bond motifs is 4. The molecule has 2 N–H and O–H groups in total. The van der Waals surface area contributed by atoms with Crippen LogP contribution in [0.5, 0.6) is 0 Å². The predicted octanol–water partition coefficient (Wildman–Crippen LogP) is 8.77. The van der Waals surface area contributed by atoms with E-state index in [0.717, 1.165) is 44.9 Å². The highest BCUT2D eigenvalue weighted by molar-refractivity contribution is 6.18. The topological polar surface area (TPSA) is 74.6 Å². The first-order valence-corrected chi connectivity index (χ1v) is 15.4. The van der Waals surface area contributed by atoms with Gasteiger partial charge in [-0.25, -0.2) is 4.79 Å². The summed E-state index contributed by atoms with van der Waals surface area (Å²) in [5, 5.41) is 22.9. The minimum absolute atomic E-state index is 0.0479. The summed E-state index contributed by atoms with van der Waals surface area (Å²) >= 11 is 0. The standard InChI is InChI=1S/C35H50O4/c1-7-11-25-19-29-31(36)30(33(38)39)32(37)35(8-2)27(16-15-26-18-22(3)14-17-28(26)35)13-10-9-12-23(4)20-34(29,6)21-24(25)5/h9-10,15-16,20-22,25-29,37H,7-8,11-14,17-19H2,1-6H3,(H,38,39)/b10-9+,23-20+,32-30-/t22-,25?,26?,27?,28?,29?,34-,35+/m0/s1. The molecule has 0 aliphatic heterocycles. The zero-order chi connectivity index (χ0) is 28.5. The molecule has 0 amide bonds. The third-order valence-electron chi connectivity index (χ3n) is 10.8. The lowest BCUT2D eigenvalue weighted by atomic mass is 9.51. The number of allylic oxidation sites excluding steroid dienone is 9. The van der Waals surface area contributed by atoms with Crippen LogP contribution in [0.25, 0.3) is 0 Å². The molecule has 1 saturated carbocycles. The average molecular weight is 535 g/mol. The minimum Gasteiger partial charge on any atom is -0.511 e. The molecule has 0 heterocycles. The Morgan fingerprint density at radius 1 is 1.08 bits per heavy atom. The molecule has 0 aromatic heterocycles. The van der Waals surface area contributed by atoms with Gasteiger partial charge in [0.2, 0.25) is 0 Å². The van der Waals surface area contributed by atoms with Crippen LogP contribution in [0.4, 0.5) is 0 Å². The number of aliphatic hydroxyl groups is 1. The molecule has 39 heavy (non-hydrogen) atoms. The third kappa shape index (κ3) is 5.37. The van der Waals surface area contributed by atoms with Gasteiger partial charge in [-0.1, -0.05) is 88.1 Å². The first-order chi connectivity index (χ1) is 18.5. The molecule has 214 valence electrons. The molecule has 4 nitrogen and oxygen atoms in total. The maximum Gasteiger partial charge on any atom is 0.342 e. The van der Waals surface area contributed by atoms with E-state index >= 15 is 0 Å². The second-order valence-electron chi connectivity index (χ2n) is 13.4. The van der Waals surface area contributed by atoms with Crippen LogP contribution in [0.15, 0.2) is 58.9 Å². The molecule has 4 heteroatoms. The van der Waals surface area contributed by atoms with Crippen molar-refractivity contribution in [2.24, 2.45) is 46.3 Å². The lowest BCUT2D eigenvalue weighted by molar-refractivity contribution is -0.136. The number of aliphatic hydroxyl groups excluding tert-OH is 1. The normalized spacial score (nSPS) is 43.3. The fourth-order valence-corrected chi connectivity index (χ4v) is 8.82. The van der Waals surface area contributed by atoms with E-state index in [1.165, 1.54) is 11.1 Å². The van der Waals surface area contributed by atoms with Crippen LogP contribution >= 0.6 is 0 Å². The molecule has 0 bridgehead atoms. The first-order valence-electron chi connectivity index (χ1n) is 15.4. The van der Waals surface area contributed by atoms with Crippen LogP contribution in [0.3, 0.4) is 0 Å². The van der Waals surface area contributed by atoms with Crippen LogP contribution in [-0.2, 0) is 9.59 Å². The van der Waals surface area contributed by atoms with Crippen molar-refractivity contribution in [2.75, 3.05) is 0 Å². The van der Waals surface area contributed by atoms with E-state index in [4.69, 9.17) is 0 Å². The predicted molar refractivity (Wildman–Crippen MR) is 158 cm³/mol. The number of carboxylic acid groups (broad SMARTS) is 1. The van der Waals surface area contributed by atoms with E-state index in [2.05, 4.69) is 78.0 Å². The van der Waals surface area contributed by atoms with Crippen molar-refractivity contribution in [1.82, 2.24) is 0 Å². The van der Waals surface area contributed by atoms with Crippen LogP contribution < -0.4 is 0 Å². The summed E-state index contributed by atoms with van der Waals surface area (Å²) in [6.07, 6.45) is 21.1. The largest absolute Gasteiger partial charge is 0.511 e. The molecule has 0 radical (unpaired) electrons. The molecule has 0 spiro atoms. The Kier molecular flexibility index (Phi) is 8.83. The molecule has 0 aromatic carbocycles. The first kappa shape index (κ1) is 29.6. The van der Waals surface area contributed by atoms with E-state index in [0.29, 0.717) is 24.7 Å². The molecule has 8 atom stereocenters. The fourth-order valence-electron chi connectivity index (χ4n) is 8.82. The van der Waals surface area contributed by atoms with Crippen LogP contribution in [-0.4, -0.2) is 22.0 Å². The molecule has 1 fully saturated rings. The molecule has 5 unspecified atom stereocenters. The van der Waals surface area contributed by atoms with Gasteiger partial charge in [-0.2, -0.15) is 0 Å². The highest BCUT2D eigenvalue weighted by atomic mass is 16.4. The molecule has 4 aliphatic carbocycles. The highest BCUT2D eigenvalue weighted by Crippen LogP contribution is 2.59. The smallest absolute Gasteiger partial charge is 0.342 e. The van der Waals surface area contributed by atoms with Crippen molar-refractivity contribution in [2.45, 2.75) is 99.3 Å². The van der Waals surface area contributed by atoms with Crippen molar-refractivity contribution in [1.29, 1.82) is 0 Å². The van der Waals surface area contributed by atoms with Crippen molar-refractivity contribution in [3.05, 3.63) is 58.9 Å². The lowest BCUT2D eigenvalue weighted by Crippen LogP contribution is -2.48. The van der Waals surface area contributed by atoms with E-state index < -0.39 is 28.5 Å². The van der Waals surface area contributed by atoms with Crippen molar-refractivity contribution >= 4 is 11.8 Å². The molecule has 0 saturated heterocycles.